The molecule has 1 unspecified atom stereocenters. The monoisotopic (exact) mass is 573 g/mol. The molecule has 1 atom stereocenters. The van der Waals surface area contributed by atoms with Crippen LogP contribution in [0.25, 0.3) is 0 Å². The summed E-state index contributed by atoms with van der Waals surface area (Å²) in [6.07, 6.45) is 0.874. The average Bonchev–Trinajstić information content (AvgIpc) is 3.38. The van der Waals surface area contributed by atoms with E-state index >= 15 is 0 Å². The Morgan fingerprint density at radius 3 is 2.68 bits per heavy atom. The van der Waals surface area contributed by atoms with Gasteiger partial charge in [-0.25, -0.2) is 9.07 Å². The van der Waals surface area contributed by atoms with Crippen molar-refractivity contribution in [3.05, 3.63) is 101 Å². The molecule has 0 fully saturated rings. The molecule has 3 aromatic carbocycles. The zero-order valence-electron chi connectivity index (χ0n) is 23.2. The first-order chi connectivity index (χ1) is 20.0. The van der Waals surface area contributed by atoms with E-state index in [-0.39, 0.29) is 11.7 Å². The van der Waals surface area contributed by atoms with Gasteiger partial charge in [0, 0.05) is 11.4 Å². The number of benzene rings is 3. The number of nitrogens with one attached hydrogen (secondary N) is 2. The van der Waals surface area contributed by atoms with E-state index < -0.39 is 6.04 Å². The van der Waals surface area contributed by atoms with Crippen LogP contribution in [-0.2, 0) is 10.5 Å². The number of para-hydroxylation sites is 2. The normalized spacial score (nSPS) is 14.3. The molecule has 2 N–H and O–H groups in total. The number of rotatable bonds is 11. The van der Waals surface area contributed by atoms with Gasteiger partial charge >= 0.3 is 0 Å². The van der Waals surface area contributed by atoms with Crippen LogP contribution in [0.5, 0.6) is 11.5 Å². The van der Waals surface area contributed by atoms with Gasteiger partial charge in [-0.05, 0) is 61.7 Å². The van der Waals surface area contributed by atoms with Crippen molar-refractivity contribution in [2.45, 2.75) is 44.1 Å². The van der Waals surface area contributed by atoms with Crippen molar-refractivity contribution in [3.8, 4) is 11.5 Å². The van der Waals surface area contributed by atoms with E-state index in [0.29, 0.717) is 64.1 Å². The predicted octanol–water partition coefficient (Wildman–Crippen LogP) is 6.82. The maximum Gasteiger partial charge on any atom is 0.255 e. The van der Waals surface area contributed by atoms with Gasteiger partial charge < -0.3 is 20.1 Å². The van der Waals surface area contributed by atoms with Crippen LogP contribution in [0.1, 0.15) is 44.4 Å². The van der Waals surface area contributed by atoms with E-state index in [4.69, 9.17) is 14.6 Å². The van der Waals surface area contributed by atoms with Crippen LogP contribution in [0.2, 0.25) is 0 Å². The van der Waals surface area contributed by atoms with Crippen LogP contribution in [-0.4, -0.2) is 33.9 Å². The molecule has 1 aliphatic heterocycles. The number of aromatic nitrogens is 3. The van der Waals surface area contributed by atoms with Gasteiger partial charge in [0.1, 0.15) is 23.4 Å². The molecule has 4 aromatic rings. The standard InChI is InChI=1S/C31H32FN5O3S/c1-4-17-40-23-13-10-12-21(18-23)28-27(29(38)34-25-15-8-9-16-26(25)39-5-2)20(3)33-30-35-31(36-37(28)30)41-19-22-11-6-7-14-24(22)32/h6-16,18,28H,4-5,17,19H2,1-3H3,(H,34,38)(H,33,35,36). The fourth-order valence-corrected chi connectivity index (χ4v) is 5.40. The molecule has 1 amide bonds. The van der Waals surface area contributed by atoms with Gasteiger partial charge in [0.25, 0.3) is 5.91 Å². The lowest BCUT2D eigenvalue weighted by atomic mass is 9.94. The van der Waals surface area contributed by atoms with Crippen molar-refractivity contribution in [2.75, 3.05) is 23.8 Å². The molecule has 41 heavy (non-hydrogen) atoms. The van der Waals surface area contributed by atoms with Crippen LogP contribution in [0.15, 0.2) is 89.2 Å². The molecule has 1 aromatic heterocycles. The SMILES string of the molecule is CCCOc1cccc(C2C(C(=O)Nc3ccccc3OCC)=C(C)Nc3nc(SCc4ccccc4F)nn32)c1. The second-order valence-electron chi connectivity index (χ2n) is 9.41. The summed E-state index contributed by atoms with van der Waals surface area (Å²) in [7, 11) is 0. The molecule has 8 nitrogen and oxygen atoms in total. The highest BCUT2D eigenvalue weighted by molar-refractivity contribution is 7.98. The minimum Gasteiger partial charge on any atom is -0.494 e. The van der Waals surface area contributed by atoms with Crippen LogP contribution in [0.4, 0.5) is 16.0 Å². The first-order valence-electron chi connectivity index (χ1n) is 13.5. The highest BCUT2D eigenvalue weighted by Gasteiger charge is 2.35. The topological polar surface area (TPSA) is 90.3 Å². The van der Waals surface area contributed by atoms with Crippen molar-refractivity contribution in [1.29, 1.82) is 0 Å². The number of ether oxygens (including phenoxy) is 2. The highest BCUT2D eigenvalue weighted by Crippen LogP contribution is 2.38. The molecule has 10 heteroatoms. The molecular formula is C31H32FN5O3S. The quantitative estimate of drug-likeness (QED) is 0.190. The molecule has 0 saturated heterocycles. The Morgan fingerprint density at radius 2 is 1.88 bits per heavy atom. The molecule has 5 rings (SSSR count). The summed E-state index contributed by atoms with van der Waals surface area (Å²) in [6.45, 7) is 6.84. The molecule has 0 spiro atoms. The first kappa shape index (κ1) is 28.2. The lowest BCUT2D eigenvalue weighted by Gasteiger charge is -2.29. The Hall–Kier alpha value is -4.31. The third-order valence-corrected chi connectivity index (χ3v) is 7.36. The number of hydrogen-bond acceptors (Lipinski definition) is 7. The Morgan fingerprint density at radius 1 is 1.07 bits per heavy atom. The van der Waals surface area contributed by atoms with Gasteiger partial charge in [-0.15, -0.1) is 5.10 Å². The van der Waals surface area contributed by atoms with Crippen molar-refractivity contribution in [2.24, 2.45) is 0 Å². The highest BCUT2D eigenvalue weighted by atomic mass is 32.2. The van der Waals surface area contributed by atoms with Crippen LogP contribution in [0, 0.1) is 5.82 Å². The van der Waals surface area contributed by atoms with Crippen LogP contribution < -0.4 is 20.1 Å². The summed E-state index contributed by atoms with van der Waals surface area (Å²) in [5.41, 5.74) is 3.08. The summed E-state index contributed by atoms with van der Waals surface area (Å²) in [4.78, 5) is 18.6. The number of anilines is 2. The molecule has 0 saturated carbocycles. The second-order valence-corrected chi connectivity index (χ2v) is 10.4. The number of fused-ring (bicyclic) bond motifs is 1. The number of carbonyl (C=O) groups is 1. The number of thioether (sulfide) groups is 1. The number of carbonyl (C=O) groups excluding carboxylic acids is 1. The molecule has 2 heterocycles. The van der Waals surface area contributed by atoms with Crippen molar-refractivity contribution < 1.29 is 18.7 Å². The Kier molecular flexibility index (Phi) is 8.88. The van der Waals surface area contributed by atoms with E-state index in [2.05, 4.69) is 15.6 Å². The second kappa shape index (κ2) is 12.9. The fraction of sp³-hybridized carbons (Fsp3) is 0.258. The Balaban J connectivity index is 1.51. The van der Waals surface area contributed by atoms with E-state index in [1.165, 1.54) is 17.8 Å². The minimum atomic E-state index is -0.592. The average molecular weight is 574 g/mol. The lowest BCUT2D eigenvalue weighted by Crippen LogP contribution is -2.31. The Bertz CT molecular complexity index is 1570. The lowest BCUT2D eigenvalue weighted by molar-refractivity contribution is -0.113. The molecule has 0 aliphatic carbocycles. The molecular weight excluding hydrogens is 541 g/mol. The van der Waals surface area contributed by atoms with Gasteiger partial charge in [-0.2, -0.15) is 4.98 Å². The van der Waals surface area contributed by atoms with Crippen molar-refractivity contribution >= 4 is 29.3 Å². The number of hydrogen-bond donors (Lipinski definition) is 2. The number of allylic oxidation sites excluding steroid dienone is 1. The van der Waals surface area contributed by atoms with Gasteiger partial charge in [-0.1, -0.05) is 61.2 Å². The number of halogens is 1. The van der Waals surface area contributed by atoms with Gasteiger partial charge in [0.2, 0.25) is 11.1 Å². The first-order valence-corrected chi connectivity index (χ1v) is 14.5. The predicted molar refractivity (Wildman–Crippen MR) is 159 cm³/mol. The van der Waals surface area contributed by atoms with Crippen LogP contribution in [0.3, 0.4) is 0 Å². The molecule has 212 valence electrons. The summed E-state index contributed by atoms with van der Waals surface area (Å²) in [5, 5.41) is 11.5. The zero-order chi connectivity index (χ0) is 28.8. The van der Waals surface area contributed by atoms with Gasteiger partial charge in [0.15, 0.2) is 0 Å². The van der Waals surface area contributed by atoms with Crippen LogP contribution >= 0.6 is 11.8 Å². The van der Waals surface area contributed by atoms with E-state index in [9.17, 15) is 9.18 Å². The van der Waals surface area contributed by atoms with E-state index in [0.717, 1.165) is 12.0 Å². The summed E-state index contributed by atoms with van der Waals surface area (Å²) < 4.78 is 27.6. The molecule has 1 aliphatic rings. The summed E-state index contributed by atoms with van der Waals surface area (Å²) in [5.74, 6) is 1.59. The van der Waals surface area contributed by atoms with E-state index in [1.807, 2.05) is 69.3 Å². The Labute approximate surface area is 243 Å². The maximum absolute atomic E-state index is 14.2. The maximum atomic E-state index is 14.2. The largest absolute Gasteiger partial charge is 0.494 e. The number of amides is 1. The zero-order valence-corrected chi connectivity index (χ0v) is 24.0. The van der Waals surface area contributed by atoms with E-state index in [1.54, 1.807) is 22.9 Å². The third-order valence-electron chi connectivity index (χ3n) is 6.47. The minimum absolute atomic E-state index is 0.271. The van der Waals surface area contributed by atoms with Crippen molar-refractivity contribution in [1.82, 2.24) is 14.8 Å². The van der Waals surface area contributed by atoms with Gasteiger partial charge in [-0.3, -0.25) is 4.79 Å². The summed E-state index contributed by atoms with van der Waals surface area (Å²) in [6, 6.07) is 21.1. The third kappa shape index (κ3) is 6.38. The smallest absolute Gasteiger partial charge is 0.255 e. The van der Waals surface area contributed by atoms with Gasteiger partial charge in [0.05, 0.1) is 24.5 Å². The van der Waals surface area contributed by atoms with Crippen molar-refractivity contribution in [3.63, 3.8) is 0 Å². The molecule has 0 bridgehead atoms. The fourth-order valence-electron chi connectivity index (χ4n) is 4.59. The summed E-state index contributed by atoms with van der Waals surface area (Å²) >= 11 is 1.33. The molecule has 0 radical (unpaired) electrons. The number of nitrogens with zero attached hydrogens (tertiary/aromatic N) is 3.